The maximum atomic E-state index is 14.4. The summed E-state index contributed by atoms with van der Waals surface area (Å²) in [4.78, 5) is 23.5. The van der Waals surface area contributed by atoms with Crippen molar-refractivity contribution in [1.29, 1.82) is 0 Å². The number of alkyl carbamates (subject to hydrolysis) is 1. The maximum absolute atomic E-state index is 14.4. The highest BCUT2D eigenvalue weighted by Crippen LogP contribution is 2.55. The maximum Gasteiger partial charge on any atom is 0.408 e. The third-order valence-electron chi connectivity index (χ3n) is 2.57. The molecule has 0 rings (SSSR count). The second-order valence-electron chi connectivity index (χ2n) is 5.77. The highest BCUT2D eigenvalue weighted by Gasteiger charge is 2.40. The van der Waals surface area contributed by atoms with Crippen LogP contribution in [0.4, 0.5) is 9.18 Å². The molecule has 142 valence electrons. The van der Waals surface area contributed by atoms with Gasteiger partial charge in [0.15, 0.2) is 0 Å². The van der Waals surface area contributed by atoms with Crippen molar-refractivity contribution >= 4 is 19.7 Å². The van der Waals surface area contributed by atoms with Gasteiger partial charge < -0.3 is 23.8 Å². The number of hydrogen-bond donors (Lipinski definition) is 1. The number of esters is 1. The van der Waals surface area contributed by atoms with Gasteiger partial charge in [-0.25, -0.2) is 14.0 Å². The van der Waals surface area contributed by atoms with Crippen molar-refractivity contribution in [3.8, 4) is 0 Å². The zero-order valence-corrected chi connectivity index (χ0v) is 15.9. The van der Waals surface area contributed by atoms with Crippen LogP contribution < -0.4 is 5.32 Å². The Kier molecular flexibility index (Phi) is 9.47. The lowest BCUT2D eigenvalue weighted by molar-refractivity contribution is -0.143. The third-order valence-corrected chi connectivity index (χ3v) is 4.70. The fraction of sp³-hybridized carbons (Fsp3) is 0.857. The molecule has 0 aliphatic rings. The minimum Gasteiger partial charge on any atom is -0.467 e. The van der Waals surface area contributed by atoms with E-state index in [1.807, 2.05) is 0 Å². The van der Waals surface area contributed by atoms with E-state index in [4.69, 9.17) is 13.8 Å². The van der Waals surface area contributed by atoms with Crippen molar-refractivity contribution < 1.29 is 37.1 Å². The summed E-state index contributed by atoms with van der Waals surface area (Å²) in [5, 5.41) is 2.20. The molecular formula is C14H27FNO7P. The Morgan fingerprint density at radius 1 is 1.17 bits per heavy atom. The number of rotatable bonds is 9. The summed E-state index contributed by atoms with van der Waals surface area (Å²) in [6.45, 7) is 7.92. The van der Waals surface area contributed by atoms with Gasteiger partial charge in [0.2, 0.25) is 5.91 Å². The van der Waals surface area contributed by atoms with Crippen LogP contribution in [-0.4, -0.2) is 49.9 Å². The van der Waals surface area contributed by atoms with Gasteiger partial charge in [-0.15, -0.1) is 0 Å². The fourth-order valence-corrected chi connectivity index (χ4v) is 3.28. The van der Waals surface area contributed by atoms with Gasteiger partial charge in [-0.2, -0.15) is 0 Å². The smallest absolute Gasteiger partial charge is 0.408 e. The van der Waals surface area contributed by atoms with E-state index in [-0.39, 0.29) is 13.2 Å². The van der Waals surface area contributed by atoms with Gasteiger partial charge in [-0.1, -0.05) is 0 Å². The van der Waals surface area contributed by atoms with Crippen molar-refractivity contribution in [2.24, 2.45) is 0 Å². The molecule has 8 nitrogen and oxygen atoms in total. The molecule has 0 spiro atoms. The first-order chi connectivity index (χ1) is 11.0. The molecule has 0 bridgehead atoms. The SMILES string of the molecule is CCOP(=O)(OCC)C(F)C[C@H](NC(=O)OC(C)(C)C)C(=O)OC. The average Bonchev–Trinajstić information content (AvgIpc) is 2.44. The molecule has 24 heavy (non-hydrogen) atoms. The molecule has 0 fully saturated rings. The molecule has 0 aromatic heterocycles. The number of halogens is 1. The van der Waals surface area contributed by atoms with Crippen LogP contribution >= 0.6 is 7.60 Å². The van der Waals surface area contributed by atoms with Crippen LogP contribution in [0.3, 0.4) is 0 Å². The van der Waals surface area contributed by atoms with E-state index in [1.54, 1.807) is 20.8 Å². The third kappa shape index (κ3) is 8.08. The minimum atomic E-state index is -4.07. The Bertz CT molecular complexity index is 457. The van der Waals surface area contributed by atoms with Crippen molar-refractivity contribution in [3.63, 3.8) is 0 Å². The van der Waals surface area contributed by atoms with Gasteiger partial charge >= 0.3 is 19.7 Å². The van der Waals surface area contributed by atoms with E-state index in [9.17, 15) is 18.5 Å². The molecule has 0 aromatic rings. The van der Waals surface area contributed by atoms with Gasteiger partial charge in [-0.3, -0.25) is 4.57 Å². The number of hydrogen-bond acceptors (Lipinski definition) is 7. The molecule has 1 amide bonds. The normalized spacial score (nSPS) is 14.6. The zero-order valence-electron chi connectivity index (χ0n) is 15.0. The minimum absolute atomic E-state index is 0.0277. The Labute approximate surface area is 141 Å². The lowest BCUT2D eigenvalue weighted by Crippen LogP contribution is -2.45. The highest BCUT2D eigenvalue weighted by atomic mass is 31.2. The zero-order chi connectivity index (χ0) is 19.0. The topological polar surface area (TPSA) is 100 Å². The average molecular weight is 371 g/mol. The van der Waals surface area contributed by atoms with Gasteiger partial charge in [0.25, 0.3) is 0 Å². The highest BCUT2D eigenvalue weighted by molar-refractivity contribution is 7.54. The summed E-state index contributed by atoms with van der Waals surface area (Å²) in [7, 11) is -2.98. The van der Waals surface area contributed by atoms with E-state index in [2.05, 4.69) is 10.1 Å². The Morgan fingerprint density at radius 2 is 1.67 bits per heavy atom. The number of carbonyl (C=O) groups is 2. The van der Waals surface area contributed by atoms with Crippen LogP contribution in [0.15, 0.2) is 0 Å². The quantitative estimate of drug-likeness (QED) is 0.491. The molecule has 10 heteroatoms. The Balaban J connectivity index is 5.10. The van der Waals surface area contributed by atoms with Crippen LogP contribution in [-0.2, 0) is 27.9 Å². The molecule has 0 saturated carbocycles. The van der Waals surface area contributed by atoms with Crippen molar-refractivity contribution in [1.82, 2.24) is 5.32 Å². The van der Waals surface area contributed by atoms with Crippen LogP contribution in [0.25, 0.3) is 0 Å². The molecule has 0 aliphatic heterocycles. The van der Waals surface area contributed by atoms with E-state index in [0.717, 1.165) is 7.11 Å². The van der Waals surface area contributed by atoms with E-state index < -0.39 is 43.6 Å². The summed E-state index contributed by atoms with van der Waals surface area (Å²) in [5.41, 5.74) is -0.800. The second kappa shape index (κ2) is 9.96. The standard InChI is InChI=1S/C14H27FNO7P/c1-7-21-24(19,22-8-2)11(15)9-10(12(17)20-6)16-13(18)23-14(3,4)5/h10-11H,7-9H2,1-6H3,(H,16,18)/t10-,11?/m0/s1. The number of nitrogens with one attached hydrogen (secondary N) is 1. The summed E-state index contributed by atoms with van der Waals surface area (Å²) in [6.07, 6.45) is -1.56. The van der Waals surface area contributed by atoms with Crippen LogP contribution in [0.5, 0.6) is 0 Å². The first-order valence-corrected chi connectivity index (χ1v) is 9.20. The van der Waals surface area contributed by atoms with E-state index >= 15 is 0 Å². The fourth-order valence-electron chi connectivity index (χ4n) is 1.69. The van der Waals surface area contributed by atoms with Crippen LogP contribution in [0.1, 0.15) is 41.0 Å². The van der Waals surface area contributed by atoms with Crippen LogP contribution in [0, 0.1) is 0 Å². The van der Waals surface area contributed by atoms with Gasteiger partial charge in [0.05, 0.1) is 20.3 Å². The molecule has 0 radical (unpaired) electrons. The van der Waals surface area contributed by atoms with Gasteiger partial charge in [0, 0.05) is 6.42 Å². The van der Waals surface area contributed by atoms with Crippen LogP contribution in [0.2, 0.25) is 0 Å². The van der Waals surface area contributed by atoms with E-state index in [0.29, 0.717) is 0 Å². The lowest BCUT2D eigenvalue weighted by Gasteiger charge is -2.25. The van der Waals surface area contributed by atoms with Gasteiger partial charge in [0.1, 0.15) is 11.6 Å². The molecule has 1 N–H and O–H groups in total. The molecular weight excluding hydrogens is 344 g/mol. The number of methoxy groups -OCH3 is 1. The summed E-state index contributed by atoms with van der Waals surface area (Å²) >= 11 is 0. The summed E-state index contributed by atoms with van der Waals surface area (Å²) in [5.74, 6) is -3.01. The predicted molar refractivity (Wildman–Crippen MR) is 85.5 cm³/mol. The number of carbonyl (C=O) groups excluding carboxylic acids is 2. The summed E-state index contributed by atoms with van der Waals surface area (Å²) < 4.78 is 46.1. The molecule has 0 heterocycles. The first-order valence-electron chi connectivity index (χ1n) is 7.59. The van der Waals surface area contributed by atoms with Crippen molar-refractivity contribution in [3.05, 3.63) is 0 Å². The van der Waals surface area contributed by atoms with Crippen molar-refractivity contribution in [2.75, 3.05) is 20.3 Å². The van der Waals surface area contributed by atoms with Crippen molar-refractivity contribution in [2.45, 2.75) is 58.6 Å². The molecule has 2 atom stereocenters. The molecule has 0 aromatic carbocycles. The predicted octanol–water partition coefficient (Wildman–Crippen LogP) is 3.00. The van der Waals surface area contributed by atoms with Gasteiger partial charge in [-0.05, 0) is 34.6 Å². The lowest BCUT2D eigenvalue weighted by atomic mass is 10.2. The largest absolute Gasteiger partial charge is 0.467 e. The molecule has 0 saturated heterocycles. The number of alkyl halides is 1. The number of ether oxygens (including phenoxy) is 2. The monoisotopic (exact) mass is 371 g/mol. The first kappa shape index (κ1) is 22.8. The summed E-state index contributed by atoms with van der Waals surface area (Å²) in [6, 6.07) is -1.39. The Morgan fingerprint density at radius 3 is 2.04 bits per heavy atom. The molecule has 1 unspecified atom stereocenters. The molecule has 0 aliphatic carbocycles. The van der Waals surface area contributed by atoms with E-state index in [1.165, 1.54) is 13.8 Å². The number of amides is 1. The second-order valence-corrected chi connectivity index (χ2v) is 7.92. The Hall–Kier alpha value is -1.18.